The molecule has 2 heteroatoms. The fourth-order valence-electron chi connectivity index (χ4n) is 4.06. The summed E-state index contributed by atoms with van der Waals surface area (Å²) in [6, 6.07) is 0. The van der Waals surface area contributed by atoms with Crippen molar-refractivity contribution in [1.82, 2.24) is 0 Å². The zero-order chi connectivity index (χ0) is 21.6. The summed E-state index contributed by atoms with van der Waals surface area (Å²) >= 11 is 0. The van der Waals surface area contributed by atoms with Crippen molar-refractivity contribution in [1.29, 1.82) is 0 Å². The summed E-state index contributed by atoms with van der Waals surface area (Å²) in [5.41, 5.74) is 0.527. The van der Waals surface area contributed by atoms with Crippen LogP contribution in [0.5, 0.6) is 0 Å². The van der Waals surface area contributed by atoms with Crippen LogP contribution in [-0.4, -0.2) is 19.4 Å². The van der Waals surface area contributed by atoms with Crippen molar-refractivity contribution in [2.45, 2.75) is 156 Å². The van der Waals surface area contributed by atoms with Crippen molar-refractivity contribution in [2.75, 3.05) is 13.2 Å². The maximum atomic E-state index is 12.7. The molecule has 0 radical (unpaired) electrons. The monoisotopic (exact) mass is 414 g/mol. The fourth-order valence-corrected chi connectivity index (χ4v) is 4.06. The minimum atomic E-state index is -0.610. The van der Waals surface area contributed by atoms with E-state index in [1.165, 1.54) is 109 Å². The van der Waals surface area contributed by atoms with E-state index in [2.05, 4.69) is 20.8 Å². The van der Waals surface area contributed by atoms with Gasteiger partial charge >= 0.3 is 0 Å². The van der Waals surface area contributed by atoms with Crippen LogP contribution in [0.3, 0.4) is 0 Å². The summed E-state index contributed by atoms with van der Waals surface area (Å²) in [6.45, 7) is 10.6. The highest BCUT2D eigenvalue weighted by Crippen LogP contribution is 2.30. The molecule has 0 aromatic carbocycles. The molecule has 0 saturated carbocycles. The average molecular weight is 415 g/mol. The van der Waals surface area contributed by atoms with E-state index in [1.807, 2.05) is 0 Å². The molecule has 1 unspecified atom stereocenters. The number of alkyl halides is 1. The third-order valence-corrected chi connectivity index (χ3v) is 6.92. The van der Waals surface area contributed by atoms with Gasteiger partial charge in [0.2, 0.25) is 0 Å². The zero-order valence-corrected chi connectivity index (χ0v) is 20.7. The Hall–Kier alpha value is -0.110. The number of halogens is 1. The van der Waals surface area contributed by atoms with Gasteiger partial charge in [-0.1, -0.05) is 117 Å². The fraction of sp³-hybridized carbons (Fsp3) is 1.00. The molecular formula is C27H55FO. The topological polar surface area (TPSA) is 9.23 Å². The molecule has 0 aliphatic rings. The first-order valence-corrected chi connectivity index (χ1v) is 13.3. The molecule has 0 aromatic rings. The second kappa shape index (κ2) is 21.1. The van der Waals surface area contributed by atoms with Gasteiger partial charge < -0.3 is 4.74 Å². The summed E-state index contributed by atoms with van der Waals surface area (Å²) in [7, 11) is 0. The van der Waals surface area contributed by atoms with Crippen molar-refractivity contribution in [3.63, 3.8) is 0 Å². The quantitative estimate of drug-likeness (QED) is 0.151. The Kier molecular flexibility index (Phi) is 21.1. The molecule has 1 nitrogen and oxygen atoms in total. The molecule has 176 valence electrons. The van der Waals surface area contributed by atoms with Crippen molar-refractivity contribution in [2.24, 2.45) is 5.41 Å². The van der Waals surface area contributed by atoms with Crippen LogP contribution in [0.4, 0.5) is 4.39 Å². The molecule has 0 fully saturated rings. The van der Waals surface area contributed by atoms with E-state index in [4.69, 9.17) is 4.74 Å². The van der Waals surface area contributed by atoms with Gasteiger partial charge in [-0.2, -0.15) is 0 Å². The molecule has 0 spiro atoms. The molecule has 0 aromatic heterocycles. The third kappa shape index (κ3) is 20.9. The first-order chi connectivity index (χ1) is 14.0. The Morgan fingerprint density at radius 3 is 1.41 bits per heavy atom. The van der Waals surface area contributed by atoms with E-state index in [1.54, 1.807) is 6.92 Å². The van der Waals surface area contributed by atoms with Gasteiger partial charge in [0.15, 0.2) is 0 Å². The van der Waals surface area contributed by atoms with E-state index in [0.717, 1.165) is 26.1 Å². The van der Waals surface area contributed by atoms with E-state index >= 15 is 0 Å². The van der Waals surface area contributed by atoms with Gasteiger partial charge in [0.1, 0.15) is 0 Å². The lowest BCUT2D eigenvalue weighted by Crippen LogP contribution is -2.14. The maximum absolute atomic E-state index is 12.7. The van der Waals surface area contributed by atoms with Gasteiger partial charge in [-0.25, -0.2) is 4.39 Å². The standard InChI is InChI=1S/C27H55FO/c1-5-27(4,6-2)23-21-25-29-24-20-18-16-14-12-10-8-7-9-11-13-15-17-19-22-26(3)28/h26H,5-25H2,1-4H3. The van der Waals surface area contributed by atoms with Gasteiger partial charge in [-0.05, 0) is 38.0 Å². The van der Waals surface area contributed by atoms with Crippen LogP contribution in [0.1, 0.15) is 150 Å². The number of unbranched alkanes of at least 4 members (excludes halogenated alkanes) is 13. The summed E-state index contributed by atoms with van der Waals surface area (Å²) in [4.78, 5) is 0. The highest BCUT2D eigenvalue weighted by Gasteiger charge is 2.18. The van der Waals surface area contributed by atoms with Gasteiger partial charge in [0.05, 0.1) is 6.17 Å². The summed E-state index contributed by atoms with van der Waals surface area (Å²) in [5.74, 6) is 0. The lowest BCUT2D eigenvalue weighted by atomic mass is 9.80. The van der Waals surface area contributed by atoms with Crippen LogP contribution < -0.4 is 0 Å². The lowest BCUT2D eigenvalue weighted by Gasteiger charge is -2.26. The van der Waals surface area contributed by atoms with Crippen molar-refractivity contribution in [3.05, 3.63) is 0 Å². The van der Waals surface area contributed by atoms with Crippen LogP contribution in [0.2, 0.25) is 0 Å². The number of hydrogen-bond acceptors (Lipinski definition) is 1. The molecule has 0 aliphatic heterocycles. The van der Waals surface area contributed by atoms with Crippen LogP contribution >= 0.6 is 0 Å². The van der Waals surface area contributed by atoms with Crippen molar-refractivity contribution >= 4 is 0 Å². The number of rotatable bonds is 23. The minimum absolute atomic E-state index is 0.527. The summed E-state index contributed by atoms with van der Waals surface area (Å²) in [5, 5.41) is 0. The molecule has 0 rings (SSSR count). The highest BCUT2D eigenvalue weighted by molar-refractivity contribution is 4.70. The van der Waals surface area contributed by atoms with Crippen molar-refractivity contribution in [3.8, 4) is 0 Å². The lowest BCUT2D eigenvalue weighted by molar-refractivity contribution is 0.113. The molecule has 0 heterocycles. The van der Waals surface area contributed by atoms with E-state index in [-0.39, 0.29) is 0 Å². The van der Waals surface area contributed by atoms with Gasteiger partial charge in [0, 0.05) is 13.2 Å². The van der Waals surface area contributed by atoms with Crippen LogP contribution in [0.15, 0.2) is 0 Å². The molecule has 0 amide bonds. The zero-order valence-electron chi connectivity index (χ0n) is 20.7. The first-order valence-electron chi connectivity index (χ1n) is 13.3. The highest BCUT2D eigenvalue weighted by atomic mass is 19.1. The maximum Gasteiger partial charge on any atom is 0.0973 e. The average Bonchev–Trinajstić information content (AvgIpc) is 2.71. The Balaban J connectivity index is 3.12. The molecular weight excluding hydrogens is 359 g/mol. The van der Waals surface area contributed by atoms with Crippen LogP contribution in [0, 0.1) is 5.41 Å². The summed E-state index contributed by atoms with van der Waals surface area (Å²) in [6.07, 6.45) is 23.9. The third-order valence-electron chi connectivity index (χ3n) is 6.92. The molecule has 0 N–H and O–H groups in total. The largest absolute Gasteiger partial charge is 0.381 e. The second-order valence-electron chi connectivity index (χ2n) is 9.75. The Morgan fingerprint density at radius 1 is 0.621 bits per heavy atom. The summed E-state index contributed by atoms with van der Waals surface area (Å²) < 4.78 is 18.5. The Morgan fingerprint density at radius 2 is 1.00 bits per heavy atom. The van der Waals surface area contributed by atoms with Crippen LogP contribution in [0.25, 0.3) is 0 Å². The number of ether oxygens (including phenoxy) is 1. The normalized spacial score (nSPS) is 13.1. The Labute approximate surface area is 184 Å². The van der Waals surface area contributed by atoms with E-state index in [0.29, 0.717) is 5.41 Å². The molecule has 1 atom stereocenters. The SMILES string of the molecule is CCC(C)(CC)CCCOCCCCCCCCCCCCCCCCC(C)F. The van der Waals surface area contributed by atoms with Gasteiger partial charge in [0.25, 0.3) is 0 Å². The predicted octanol–water partition coefficient (Wildman–Crippen LogP) is 9.82. The molecule has 0 saturated heterocycles. The molecule has 0 bridgehead atoms. The predicted molar refractivity (Wildman–Crippen MR) is 129 cm³/mol. The van der Waals surface area contributed by atoms with Gasteiger partial charge in [-0.3, -0.25) is 0 Å². The van der Waals surface area contributed by atoms with Gasteiger partial charge in [-0.15, -0.1) is 0 Å². The minimum Gasteiger partial charge on any atom is -0.381 e. The second-order valence-corrected chi connectivity index (χ2v) is 9.75. The smallest absolute Gasteiger partial charge is 0.0973 e. The molecule has 29 heavy (non-hydrogen) atoms. The first kappa shape index (κ1) is 28.9. The van der Waals surface area contributed by atoms with Crippen molar-refractivity contribution < 1.29 is 9.13 Å². The van der Waals surface area contributed by atoms with Crippen LogP contribution in [-0.2, 0) is 4.74 Å². The number of hydrogen-bond donors (Lipinski definition) is 0. The molecule has 0 aliphatic carbocycles. The van der Waals surface area contributed by atoms with E-state index < -0.39 is 6.17 Å². The Bertz CT molecular complexity index is 312. The van der Waals surface area contributed by atoms with E-state index in [9.17, 15) is 4.39 Å².